The summed E-state index contributed by atoms with van der Waals surface area (Å²) in [6.45, 7) is 5.45. The van der Waals surface area contributed by atoms with Gasteiger partial charge in [0.15, 0.2) is 0 Å². The number of likely N-dealkylation sites (tertiary alicyclic amines) is 1. The first-order chi connectivity index (χ1) is 22.1. The number of carbonyl (C=O) groups excluding carboxylic acids is 1. The molecule has 3 heterocycles. The minimum Gasteiger partial charge on any atom is -0.444 e. The minimum absolute atomic E-state index is 0.00384. The number of alkyl halides is 2. The van der Waals surface area contributed by atoms with Crippen molar-refractivity contribution in [3.05, 3.63) is 71.6 Å². The summed E-state index contributed by atoms with van der Waals surface area (Å²) in [4.78, 5) is 30.6. The number of nitrogens with one attached hydrogen (secondary N) is 2. The number of carbonyl (C=O) groups is 1. The molecular weight excluding hydrogens is 584 g/mol. The van der Waals surface area contributed by atoms with Gasteiger partial charge < -0.3 is 14.7 Å². The van der Waals surface area contributed by atoms with Crippen LogP contribution < -0.4 is 0 Å². The number of fused-ring (bicyclic) bond motifs is 5. The van der Waals surface area contributed by atoms with Crippen LogP contribution >= 0.6 is 0 Å². The maximum Gasteiger partial charge on any atom is 0.411 e. The summed E-state index contributed by atoms with van der Waals surface area (Å²) in [5.41, 5.74) is 8.71. The number of aromatic nitrogens is 4. The van der Waals surface area contributed by atoms with Crippen molar-refractivity contribution in [3.8, 4) is 33.6 Å². The molecule has 240 valence electrons. The second-order valence-electron chi connectivity index (χ2n) is 14.7. The second-order valence-corrected chi connectivity index (χ2v) is 14.7. The lowest BCUT2D eigenvalue weighted by Gasteiger charge is -2.27. The maximum atomic E-state index is 14.6. The number of H-pyrrole nitrogens is 2. The Kier molecular flexibility index (Phi) is 7.07. The monoisotopic (exact) mass is 625 g/mol. The van der Waals surface area contributed by atoms with Crippen LogP contribution in [0.1, 0.15) is 112 Å². The Balaban J connectivity index is 1.07. The van der Waals surface area contributed by atoms with Crippen molar-refractivity contribution in [2.24, 2.45) is 0 Å². The molecule has 4 aliphatic rings. The fourth-order valence-electron chi connectivity index (χ4n) is 8.41. The maximum absolute atomic E-state index is 14.6. The van der Waals surface area contributed by atoms with E-state index in [1.165, 1.54) is 40.0 Å². The Hall–Kier alpha value is -4.01. The summed E-state index contributed by atoms with van der Waals surface area (Å²) in [6, 6.07) is 12.6. The molecule has 1 saturated heterocycles. The summed E-state index contributed by atoms with van der Waals surface area (Å²) in [5.74, 6) is 2.69. The van der Waals surface area contributed by atoms with Gasteiger partial charge in [0.2, 0.25) is 0 Å². The molecule has 2 bridgehead atoms. The quantitative estimate of drug-likeness (QED) is 0.232. The zero-order valence-electron chi connectivity index (χ0n) is 26.7. The summed E-state index contributed by atoms with van der Waals surface area (Å²) in [5, 5.41) is 0. The molecule has 46 heavy (non-hydrogen) atoms. The number of amides is 1. The highest BCUT2D eigenvalue weighted by atomic mass is 19.1. The van der Waals surface area contributed by atoms with Gasteiger partial charge in [-0.1, -0.05) is 36.4 Å². The van der Waals surface area contributed by atoms with Crippen LogP contribution in [0.25, 0.3) is 33.6 Å². The lowest BCUT2D eigenvalue weighted by Crippen LogP contribution is -2.37. The van der Waals surface area contributed by atoms with Crippen LogP contribution in [0.3, 0.4) is 0 Å². The van der Waals surface area contributed by atoms with Gasteiger partial charge in [0, 0.05) is 17.9 Å². The van der Waals surface area contributed by atoms with Crippen molar-refractivity contribution >= 4 is 6.09 Å². The Morgan fingerprint density at radius 3 is 2.11 bits per heavy atom. The third-order valence-electron chi connectivity index (χ3n) is 10.5. The fraction of sp³-hybridized carbons (Fsp3) is 0.486. The fourth-order valence-corrected chi connectivity index (χ4v) is 8.41. The number of imidazole rings is 2. The molecule has 9 heteroatoms. The topological polar surface area (TPSA) is 86.9 Å². The van der Waals surface area contributed by atoms with E-state index in [4.69, 9.17) is 4.74 Å². The number of aromatic amines is 2. The van der Waals surface area contributed by atoms with E-state index in [0.29, 0.717) is 30.5 Å². The van der Waals surface area contributed by atoms with Crippen molar-refractivity contribution in [1.29, 1.82) is 0 Å². The summed E-state index contributed by atoms with van der Waals surface area (Å²) >= 11 is 0. The third-order valence-corrected chi connectivity index (χ3v) is 10.5. The van der Waals surface area contributed by atoms with Crippen molar-refractivity contribution in [1.82, 2.24) is 24.8 Å². The summed E-state index contributed by atoms with van der Waals surface area (Å²) < 4.78 is 33.9. The smallest absolute Gasteiger partial charge is 0.411 e. The van der Waals surface area contributed by atoms with Crippen molar-refractivity contribution in [2.75, 3.05) is 6.54 Å². The van der Waals surface area contributed by atoms with Crippen molar-refractivity contribution in [3.63, 3.8) is 0 Å². The number of nitrogens with zero attached hydrogens (tertiary/aromatic N) is 3. The minimum atomic E-state index is -1.12. The molecule has 2 aromatic carbocycles. The van der Waals surface area contributed by atoms with Crippen LogP contribution in [0, 0.1) is 0 Å². The van der Waals surface area contributed by atoms with E-state index in [0.717, 1.165) is 41.2 Å². The molecule has 3 unspecified atom stereocenters. The molecule has 2 saturated carbocycles. The highest BCUT2D eigenvalue weighted by Crippen LogP contribution is 2.58. The molecule has 2 aromatic heterocycles. The average Bonchev–Trinajstić information content (AvgIpc) is 3.87. The third kappa shape index (κ3) is 5.21. The van der Waals surface area contributed by atoms with Crippen LogP contribution in [0.15, 0.2) is 48.8 Å². The normalized spacial score (nSPS) is 27.0. The summed E-state index contributed by atoms with van der Waals surface area (Å²) in [7, 11) is 0. The highest BCUT2D eigenvalue weighted by Gasteiger charge is 2.42. The number of halogens is 2. The van der Waals surface area contributed by atoms with Crippen molar-refractivity contribution < 1.29 is 18.3 Å². The Bertz CT molecular complexity index is 1770. The zero-order chi connectivity index (χ0) is 31.7. The molecule has 3 aliphatic carbocycles. The average molecular weight is 626 g/mol. The number of ether oxygens (including phenoxy) is 1. The lowest BCUT2D eigenvalue weighted by molar-refractivity contribution is 0.0211. The van der Waals surface area contributed by atoms with Gasteiger partial charge in [0.25, 0.3) is 0 Å². The van der Waals surface area contributed by atoms with Gasteiger partial charge in [0.05, 0.1) is 36.4 Å². The molecular formula is C37H41F2N5O2. The zero-order valence-corrected chi connectivity index (χ0v) is 26.7. The first-order valence-corrected chi connectivity index (χ1v) is 16.8. The van der Waals surface area contributed by atoms with E-state index in [2.05, 4.69) is 56.3 Å². The predicted molar refractivity (Wildman–Crippen MR) is 173 cm³/mol. The lowest BCUT2D eigenvalue weighted by atomic mass is 9.82. The van der Waals surface area contributed by atoms with Crippen LogP contribution in [-0.2, 0) is 4.74 Å². The Labute approximate surface area is 268 Å². The first-order valence-electron chi connectivity index (χ1n) is 16.8. The SMILES string of the molecule is CC(C)(C)OC(=O)N1C[C@@H](F)CC1c1ncc(-c2ccc(-c3ccc(-c4cnc([C@H]5CC[C@@H](F)C5)[nH]4)cc3)c3c2C2CCC3C2)[nH]1. The molecule has 1 aliphatic heterocycles. The number of hydrogen-bond donors (Lipinski definition) is 2. The summed E-state index contributed by atoms with van der Waals surface area (Å²) in [6.07, 6.45) is 7.10. The molecule has 0 spiro atoms. The van der Waals surface area contributed by atoms with E-state index in [9.17, 15) is 13.6 Å². The van der Waals surface area contributed by atoms with Crippen molar-refractivity contribution in [2.45, 2.75) is 107 Å². The molecule has 2 N–H and O–H groups in total. The largest absolute Gasteiger partial charge is 0.444 e. The first kappa shape index (κ1) is 29.4. The number of hydrogen-bond acceptors (Lipinski definition) is 4. The van der Waals surface area contributed by atoms with Gasteiger partial charge >= 0.3 is 6.09 Å². The predicted octanol–water partition coefficient (Wildman–Crippen LogP) is 9.12. The molecule has 3 fully saturated rings. The second kappa shape index (κ2) is 11.1. The molecule has 8 rings (SSSR count). The van der Waals surface area contributed by atoms with Gasteiger partial charge in [-0.05, 0) is 98.9 Å². The molecule has 6 atom stereocenters. The van der Waals surface area contributed by atoms with Crippen LogP contribution in [0.2, 0.25) is 0 Å². The molecule has 1 amide bonds. The van der Waals surface area contributed by atoms with Gasteiger partial charge in [-0.2, -0.15) is 0 Å². The van der Waals surface area contributed by atoms with Gasteiger partial charge in [-0.15, -0.1) is 0 Å². The number of rotatable bonds is 5. The van der Waals surface area contributed by atoms with Crippen LogP contribution in [0.4, 0.5) is 13.6 Å². The number of benzene rings is 2. The van der Waals surface area contributed by atoms with Gasteiger partial charge in [-0.25, -0.2) is 23.5 Å². The van der Waals surface area contributed by atoms with E-state index in [-0.39, 0.29) is 18.9 Å². The van der Waals surface area contributed by atoms with E-state index >= 15 is 0 Å². The van der Waals surface area contributed by atoms with E-state index < -0.39 is 30.1 Å². The van der Waals surface area contributed by atoms with Gasteiger partial charge in [0.1, 0.15) is 29.6 Å². The van der Waals surface area contributed by atoms with Crippen LogP contribution in [-0.4, -0.2) is 55.4 Å². The highest BCUT2D eigenvalue weighted by molar-refractivity contribution is 5.80. The van der Waals surface area contributed by atoms with Gasteiger partial charge in [-0.3, -0.25) is 4.90 Å². The van der Waals surface area contributed by atoms with E-state index in [1.807, 2.05) is 33.2 Å². The molecule has 0 radical (unpaired) electrons. The van der Waals surface area contributed by atoms with E-state index in [1.54, 1.807) is 0 Å². The Morgan fingerprint density at radius 1 is 0.761 bits per heavy atom. The molecule has 4 aromatic rings. The van der Waals surface area contributed by atoms with Crippen LogP contribution in [0.5, 0.6) is 0 Å². The Morgan fingerprint density at radius 2 is 1.39 bits per heavy atom. The standard InChI is InChI=1S/C37H41F2N5O2/c1-37(2,3)46-36(45)44-19-26(39)16-31(44)35-41-18-30(43-35)28-13-12-27(32-22-8-9-23(14-22)33(28)32)20-4-6-21(7-5-20)29-17-40-34(42-29)24-10-11-25(38)15-24/h4-7,12-13,17-18,22-26,31H,8-11,14-16,19H2,1-3H3,(H,40,42)(H,41,43)/t22?,23?,24-,25+,26-,31?/m0/s1. The molecule has 7 nitrogen and oxygen atoms in total.